The highest BCUT2D eigenvalue weighted by molar-refractivity contribution is 6.70. The fourth-order valence-corrected chi connectivity index (χ4v) is 2.45. The van der Waals surface area contributed by atoms with Crippen LogP contribution in [-0.2, 0) is 0 Å². The van der Waals surface area contributed by atoms with E-state index in [-0.39, 0.29) is 0 Å². The number of halogens is 2. The Labute approximate surface area is 96.8 Å². The Kier molecular flexibility index (Phi) is 3.40. The first-order valence-corrected chi connectivity index (χ1v) is 5.34. The third-order valence-corrected chi connectivity index (χ3v) is 3.78. The van der Waals surface area contributed by atoms with Gasteiger partial charge in [-0.1, -0.05) is 16.8 Å². The molecule has 0 aliphatic heterocycles. The van der Waals surface area contributed by atoms with E-state index in [9.17, 15) is 4.79 Å². The molecule has 0 spiro atoms. The number of carbonyl (C=O) groups excluding carboxylic acids is 1. The molecule has 1 rings (SSSR count). The van der Waals surface area contributed by atoms with E-state index >= 15 is 0 Å². The van der Waals surface area contributed by atoms with Crippen molar-refractivity contribution in [1.29, 1.82) is 0 Å². The van der Waals surface area contributed by atoms with Crippen LogP contribution in [0.5, 0.6) is 0 Å². The van der Waals surface area contributed by atoms with Gasteiger partial charge in [0.25, 0.3) is 5.24 Å². The topological polar surface area (TPSA) is 17.1 Å². The molecule has 0 aliphatic carbocycles. The Morgan fingerprint density at radius 1 is 1.14 bits per heavy atom. The van der Waals surface area contributed by atoms with Crippen molar-refractivity contribution < 1.29 is 4.79 Å². The average Bonchev–Trinajstić information content (AvgIpc) is 2.11. The summed E-state index contributed by atoms with van der Waals surface area (Å²) in [5.41, 5.74) is 3.31. The van der Waals surface area contributed by atoms with Crippen molar-refractivity contribution in [2.24, 2.45) is 0 Å². The lowest BCUT2D eigenvalue weighted by Gasteiger charge is -2.14. The van der Waals surface area contributed by atoms with Gasteiger partial charge in [-0.05, 0) is 49.1 Å². The molecule has 0 amide bonds. The van der Waals surface area contributed by atoms with Gasteiger partial charge in [0.05, 0.1) is 20.8 Å². The van der Waals surface area contributed by atoms with Crippen molar-refractivity contribution in [2.75, 3.05) is 0 Å². The summed E-state index contributed by atoms with van der Waals surface area (Å²) < 4.78 is 0. The predicted molar refractivity (Wildman–Crippen MR) is 61.2 cm³/mol. The molecular formula is C10H9Cl2OSi. The van der Waals surface area contributed by atoms with Gasteiger partial charge in [-0.3, -0.25) is 4.79 Å². The maximum Gasteiger partial charge on any atom is 0.253 e. The zero-order valence-electron chi connectivity index (χ0n) is 8.16. The molecule has 1 nitrogen and oxygen atoms in total. The number of rotatable bonds is 1. The number of hydrogen-bond donors (Lipinski definition) is 0. The molecule has 4 heteroatoms. The zero-order valence-corrected chi connectivity index (χ0v) is 10.7. The summed E-state index contributed by atoms with van der Waals surface area (Å²) >= 11 is 11.5. The van der Waals surface area contributed by atoms with Crippen LogP contribution in [0.1, 0.15) is 27.0 Å². The Morgan fingerprint density at radius 2 is 1.64 bits per heavy atom. The summed E-state index contributed by atoms with van der Waals surface area (Å²) in [5, 5.41) is 0.572. The minimum Gasteiger partial charge on any atom is -0.276 e. The fraction of sp³-hybridized carbons (Fsp3) is 0.300. The van der Waals surface area contributed by atoms with Gasteiger partial charge >= 0.3 is 0 Å². The van der Waals surface area contributed by atoms with E-state index in [1.54, 1.807) is 0 Å². The van der Waals surface area contributed by atoms with E-state index in [1.807, 2.05) is 20.8 Å². The Hall–Kier alpha value is -0.313. The molecule has 0 heterocycles. The number of benzene rings is 1. The van der Waals surface area contributed by atoms with Gasteiger partial charge in [0.15, 0.2) is 0 Å². The SMILES string of the molecule is Cc1c(C)c([Si])c(C(=O)Cl)c(Cl)c1C. The molecular weight excluding hydrogens is 235 g/mol. The van der Waals surface area contributed by atoms with Crippen LogP contribution >= 0.6 is 23.2 Å². The third kappa shape index (κ3) is 1.74. The highest BCUT2D eigenvalue weighted by Crippen LogP contribution is 2.25. The zero-order chi connectivity index (χ0) is 11.0. The highest BCUT2D eigenvalue weighted by Gasteiger charge is 2.17. The second-order valence-corrected chi connectivity index (χ2v) is 4.43. The second-order valence-electron chi connectivity index (χ2n) is 3.21. The molecule has 0 N–H and O–H groups in total. The lowest BCUT2D eigenvalue weighted by molar-refractivity contribution is 0.108. The maximum atomic E-state index is 11.2. The second kappa shape index (κ2) is 4.05. The summed E-state index contributed by atoms with van der Waals surface area (Å²) in [6, 6.07) is 0. The van der Waals surface area contributed by atoms with Crippen LogP contribution in [0.3, 0.4) is 0 Å². The van der Waals surface area contributed by atoms with Crippen molar-refractivity contribution in [3.8, 4) is 0 Å². The molecule has 0 bridgehead atoms. The average molecular weight is 244 g/mol. The van der Waals surface area contributed by atoms with Gasteiger partial charge in [-0.2, -0.15) is 0 Å². The lowest BCUT2D eigenvalue weighted by atomic mass is 10.0. The van der Waals surface area contributed by atoms with E-state index in [2.05, 4.69) is 10.2 Å². The molecule has 3 radical (unpaired) electrons. The molecule has 73 valence electrons. The first kappa shape index (κ1) is 11.8. The standard InChI is InChI=1S/C10H9Cl2OSi/c1-4-5(2)8(11)7(10(12)13)9(14)6(4)3/h1-3H3. The molecule has 0 aromatic heterocycles. The molecule has 14 heavy (non-hydrogen) atoms. The van der Waals surface area contributed by atoms with Crippen LogP contribution in [0.15, 0.2) is 0 Å². The van der Waals surface area contributed by atoms with E-state index in [0.29, 0.717) is 15.8 Å². The smallest absolute Gasteiger partial charge is 0.253 e. The van der Waals surface area contributed by atoms with Crippen molar-refractivity contribution in [3.63, 3.8) is 0 Å². The first-order valence-electron chi connectivity index (χ1n) is 4.08. The van der Waals surface area contributed by atoms with Crippen LogP contribution in [-0.4, -0.2) is 15.5 Å². The highest BCUT2D eigenvalue weighted by atomic mass is 35.5. The fourth-order valence-electron chi connectivity index (χ4n) is 1.30. The number of hydrogen-bond acceptors (Lipinski definition) is 1. The molecule has 0 atom stereocenters. The van der Waals surface area contributed by atoms with Gasteiger partial charge in [0.2, 0.25) is 0 Å². The molecule has 0 saturated heterocycles. The van der Waals surface area contributed by atoms with Crippen LogP contribution in [0.4, 0.5) is 0 Å². The van der Waals surface area contributed by atoms with Crippen molar-refractivity contribution in [3.05, 3.63) is 27.3 Å². The van der Waals surface area contributed by atoms with E-state index < -0.39 is 5.24 Å². The van der Waals surface area contributed by atoms with Gasteiger partial charge < -0.3 is 0 Å². The van der Waals surface area contributed by atoms with Crippen LogP contribution in [0, 0.1) is 20.8 Å². The van der Waals surface area contributed by atoms with Gasteiger partial charge in [-0.15, -0.1) is 0 Å². The van der Waals surface area contributed by atoms with Gasteiger partial charge in [0, 0.05) is 0 Å². The van der Waals surface area contributed by atoms with Crippen LogP contribution < -0.4 is 5.19 Å². The maximum absolute atomic E-state index is 11.2. The molecule has 0 aliphatic rings. The minimum atomic E-state index is -0.536. The van der Waals surface area contributed by atoms with Gasteiger partial charge in [-0.25, -0.2) is 0 Å². The normalized spacial score (nSPS) is 10.4. The molecule has 0 unspecified atom stereocenters. The Morgan fingerprint density at radius 3 is 2.07 bits per heavy atom. The number of carbonyl (C=O) groups is 1. The first-order chi connectivity index (χ1) is 6.37. The van der Waals surface area contributed by atoms with Crippen molar-refractivity contribution in [2.45, 2.75) is 20.8 Å². The monoisotopic (exact) mass is 243 g/mol. The van der Waals surface area contributed by atoms with E-state index in [1.165, 1.54) is 0 Å². The molecule has 1 aromatic carbocycles. The van der Waals surface area contributed by atoms with E-state index in [4.69, 9.17) is 23.2 Å². The minimum absolute atomic E-state index is 0.352. The quantitative estimate of drug-likeness (QED) is 0.547. The largest absolute Gasteiger partial charge is 0.276 e. The Bertz CT molecular complexity index is 384. The summed E-state index contributed by atoms with van der Waals surface area (Å²) in [5.74, 6) is 0. The summed E-state index contributed by atoms with van der Waals surface area (Å²) in [7, 11) is 3.38. The molecule has 1 aromatic rings. The van der Waals surface area contributed by atoms with Crippen molar-refractivity contribution in [1.82, 2.24) is 0 Å². The van der Waals surface area contributed by atoms with E-state index in [0.717, 1.165) is 16.7 Å². The summed E-state index contributed by atoms with van der Waals surface area (Å²) in [6.07, 6.45) is 0. The van der Waals surface area contributed by atoms with Gasteiger partial charge in [0.1, 0.15) is 0 Å². The summed E-state index contributed by atoms with van der Waals surface area (Å²) in [4.78, 5) is 11.2. The predicted octanol–water partition coefficient (Wildman–Crippen LogP) is 2.44. The molecule has 0 saturated carbocycles. The van der Waals surface area contributed by atoms with Crippen molar-refractivity contribution >= 4 is 43.9 Å². The van der Waals surface area contributed by atoms with Crippen LogP contribution in [0.2, 0.25) is 5.02 Å². The van der Waals surface area contributed by atoms with Crippen LogP contribution in [0.25, 0.3) is 0 Å². The Balaban J connectivity index is 3.68. The molecule has 0 fully saturated rings. The lowest BCUT2D eigenvalue weighted by Crippen LogP contribution is -2.19. The third-order valence-electron chi connectivity index (χ3n) is 2.50. The summed E-state index contributed by atoms with van der Waals surface area (Å²) in [6.45, 7) is 5.76.